The zero-order valence-electron chi connectivity index (χ0n) is 11.0. The maximum absolute atomic E-state index is 5.91. The summed E-state index contributed by atoms with van der Waals surface area (Å²) in [7, 11) is 0. The monoisotopic (exact) mass is 292 g/mol. The Bertz CT molecular complexity index is 542. The molecule has 1 aliphatic heterocycles. The van der Waals surface area contributed by atoms with Gasteiger partial charge in [0, 0.05) is 29.1 Å². The van der Waals surface area contributed by atoms with E-state index in [4.69, 9.17) is 16.6 Å². The lowest BCUT2D eigenvalue weighted by molar-refractivity contribution is 0.438. The van der Waals surface area contributed by atoms with Gasteiger partial charge in [0.15, 0.2) is 5.13 Å². The maximum Gasteiger partial charge on any atom is 0.185 e. The molecule has 0 amide bonds. The zero-order chi connectivity index (χ0) is 13.2. The topological polar surface area (TPSA) is 16.1 Å². The Hall–Kier alpha value is -1.06. The van der Waals surface area contributed by atoms with Crippen LogP contribution in [0.15, 0.2) is 29.6 Å². The van der Waals surface area contributed by atoms with E-state index in [0.29, 0.717) is 0 Å². The largest absolute Gasteiger partial charge is 0.348 e. The van der Waals surface area contributed by atoms with Crippen LogP contribution in [0.25, 0.3) is 11.3 Å². The number of nitrogens with zero attached hydrogens (tertiary/aromatic N) is 2. The van der Waals surface area contributed by atoms with Crippen molar-refractivity contribution in [3.8, 4) is 11.3 Å². The fourth-order valence-corrected chi connectivity index (χ4v) is 3.38. The number of aromatic nitrogens is 1. The summed E-state index contributed by atoms with van der Waals surface area (Å²) < 4.78 is 0. The molecule has 1 saturated heterocycles. The van der Waals surface area contributed by atoms with Crippen molar-refractivity contribution in [2.45, 2.75) is 19.8 Å². The molecule has 0 N–H and O–H groups in total. The van der Waals surface area contributed by atoms with Gasteiger partial charge in [-0.15, -0.1) is 11.3 Å². The van der Waals surface area contributed by atoms with Crippen LogP contribution in [0.3, 0.4) is 0 Å². The second-order valence-corrected chi connectivity index (χ2v) is 6.46. The molecule has 4 heteroatoms. The highest BCUT2D eigenvalue weighted by Crippen LogP contribution is 2.30. The predicted molar refractivity (Wildman–Crippen MR) is 83.2 cm³/mol. The Morgan fingerprint density at radius 1 is 1.21 bits per heavy atom. The Kier molecular flexibility index (Phi) is 3.76. The minimum atomic E-state index is 0.768. The van der Waals surface area contributed by atoms with Gasteiger partial charge in [-0.2, -0.15) is 0 Å². The van der Waals surface area contributed by atoms with Crippen LogP contribution in [-0.4, -0.2) is 18.1 Å². The van der Waals surface area contributed by atoms with Crippen LogP contribution in [0.4, 0.5) is 5.13 Å². The van der Waals surface area contributed by atoms with Crippen LogP contribution < -0.4 is 4.90 Å². The lowest BCUT2D eigenvalue weighted by Crippen LogP contribution is -2.32. The number of rotatable bonds is 2. The van der Waals surface area contributed by atoms with E-state index in [0.717, 1.165) is 40.4 Å². The van der Waals surface area contributed by atoms with E-state index >= 15 is 0 Å². The Labute approximate surface area is 123 Å². The molecular formula is C15H17ClN2S. The lowest BCUT2D eigenvalue weighted by Gasteiger charge is -2.29. The molecule has 1 aromatic carbocycles. The summed E-state index contributed by atoms with van der Waals surface area (Å²) in [4.78, 5) is 7.17. The molecule has 0 radical (unpaired) electrons. The van der Waals surface area contributed by atoms with E-state index in [2.05, 4.69) is 17.2 Å². The summed E-state index contributed by atoms with van der Waals surface area (Å²) >= 11 is 7.65. The highest BCUT2D eigenvalue weighted by Gasteiger charge is 2.18. The number of benzene rings is 1. The number of halogens is 1. The number of hydrogen-bond donors (Lipinski definition) is 0. The minimum absolute atomic E-state index is 0.768. The zero-order valence-corrected chi connectivity index (χ0v) is 12.5. The second kappa shape index (κ2) is 5.51. The highest BCUT2D eigenvalue weighted by atomic mass is 35.5. The summed E-state index contributed by atoms with van der Waals surface area (Å²) in [5.74, 6) is 0.854. The van der Waals surface area contributed by atoms with Gasteiger partial charge in [-0.25, -0.2) is 4.98 Å². The minimum Gasteiger partial charge on any atom is -0.348 e. The van der Waals surface area contributed by atoms with Crippen molar-refractivity contribution in [1.29, 1.82) is 0 Å². The number of thiazole rings is 1. The van der Waals surface area contributed by atoms with Gasteiger partial charge in [-0.1, -0.05) is 30.7 Å². The third kappa shape index (κ3) is 2.93. The Balaban J connectivity index is 1.77. The fourth-order valence-electron chi connectivity index (χ4n) is 2.36. The van der Waals surface area contributed by atoms with Crippen molar-refractivity contribution in [3.05, 3.63) is 34.7 Å². The van der Waals surface area contributed by atoms with Crippen LogP contribution >= 0.6 is 22.9 Å². The van der Waals surface area contributed by atoms with Gasteiger partial charge < -0.3 is 4.90 Å². The normalized spacial score (nSPS) is 16.8. The van der Waals surface area contributed by atoms with Crippen LogP contribution in [0.1, 0.15) is 19.8 Å². The Morgan fingerprint density at radius 2 is 1.89 bits per heavy atom. The molecule has 1 aliphatic rings. The van der Waals surface area contributed by atoms with Gasteiger partial charge in [0.05, 0.1) is 5.69 Å². The summed E-state index contributed by atoms with van der Waals surface area (Å²) in [5.41, 5.74) is 2.19. The molecule has 100 valence electrons. The summed E-state index contributed by atoms with van der Waals surface area (Å²) in [5, 5.41) is 4.05. The molecule has 0 spiro atoms. The molecule has 0 atom stereocenters. The smallest absolute Gasteiger partial charge is 0.185 e. The molecule has 1 fully saturated rings. The summed E-state index contributed by atoms with van der Waals surface area (Å²) in [6.07, 6.45) is 2.55. The first-order valence-electron chi connectivity index (χ1n) is 6.69. The molecule has 0 unspecified atom stereocenters. The molecule has 2 aromatic rings. The van der Waals surface area contributed by atoms with Crippen molar-refractivity contribution >= 4 is 28.1 Å². The van der Waals surface area contributed by atoms with E-state index in [1.807, 2.05) is 24.3 Å². The molecule has 1 aromatic heterocycles. The molecular weight excluding hydrogens is 276 g/mol. The highest BCUT2D eigenvalue weighted by molar-refractivity contribution is 7.14. The number of piperidine rings is 1. The predicted octanol–water partition coefficient (Wildman–Crippen LogP) is 4.70. The summed E-state index contributed by atoms with van der Waals surface area (Å²) in [6.45, 7) is 4.60. The third-order valence-electron chi connectivity index (χ3n) is 3.69. The van der Waals surface area contributed by atoms with E-state index in [1.54, 1.807) is 11.3 Å². The quantitative estimate of drug-likeness (QED) is 0.797. The summed E-state index contributed by atoms with van der Waals surface area (Å²) in [6, 6.07) is 7.88. The Morgan fingerprint density at radius 3 is 2.58 bits per heavy atom. The lowest BCUT2D eigenvalue weighted by atomic mass is 10.00. The van der Waals surface area contributed by atoms with E-state index in [9.17, 15) is 0 Å². The first kappa shape index (κ1) is 12.9. The molecule has 0 bridgehead atoms. The second-order valence-electron chi connectivity index (χ2n) is 5.19. The average molecular weight is 293 g/mol. The SMILES string of the molecule is CC1CCN(c2nc(-c3ccc(Cl)cc3)cs2)CC1. The average Bonchev–Trinajstić information content (AvgIpc) is 2.90. The van der Waals surface area contributed by atoms with E-state index in [1.165, 1.54) is 12.8 Å². The van der Waals surface area contributed by atoms with Crippen molar-refractivity contribution in [3.63, 3.8) is 0 Å². The van der Waals surface area contributed by atoms with Crippen LogP contribution in [0.2, 0.25) is 5.02 Å². The van der Waals surface area contributed by atoms with E-state index in [-0.39, 0.29) is 0 Å². The number of anilines is 1. The molecule has 0 aliphatic carbocycles. The van der Waals surface area contributed by atoms with Gasteiger partial charge in [-0.3, -0.25) is 0 Å². The molecule has 2 nitrogen and oxygen atoms in total. The molecule has 0 saturated carbocycles. The van der Waals surface area contributed by atoms with Gasteiger partial charge in [0.25, 0.3) is 0 Å². The standard InChI is InChI=1S/C15H17ClN2S/c1-11-6-8-18(9-7-11)15-17-14(10-19-15)12-2-4-13(16)5-3-12/h2-5,10-11H,6-9H2,1H3. The van der Waals surface area contributed by atoms with Crippen molar-refractivity contribution in [2.24, 2.45) is 5.92 Å². The fraction of sp³-hybridized carbons (Fsp3) is 0.400. The molecule has 2 heterocycles. The first-order valence-corrected chi connectivity index (χ1v) is 7.94. The van der Waals surface area contributed by atoms with Crippen molar-refractivity contribution < 1.29 is 0 Å². The van der Waals surface area contributed by atoms with E-state index < -0.39 is 0 Å². The maximum atomic E-state index is 5.91. The molecule has 19 heavy (non-hydrogen) atoms. The first-order chi connectivity index (χ1) is 9.22. The third-order valence-corrected chi connectivity index (χ3v) is 4.84. The van der Waals surface area contributed by atoms with Gasteiger partial charge in [0.2, 0.25) is 0 Å². The van der Waals surface area contributed by atoms with Gasteiger partial charge in [-0.05, 0) is 30.9 Å². The van der Waals surface area contributed by atoms with Crippen molar-refractivity contribution in [1.82, 2.24) is 4.98 Å². The number of hydrogen-bond acceptors (Lipinski definition) is 3. The van der Waals surface area contributed by atoms with Gasteiger partial charge in [0.1, 0.15) is 0 Å². The van der Waals surface area contributed by atoms with Crippen LogP contribution in [0, 0.1) is 5.92 Å². The van der Waals surface area contributed by atoms with Crippen LogP contribution in [-0.2, 0) is 0 Å². The van der Waals surface area contributed by atoms with Crippen molar-refractivity contribution in [2.75, 3.05) is 18.0 Å². The van der Waals surface area contributed by atoms with Gasteiger partial charge >= 0.3 is 0 Å². The molecule has 3 rings (SSSR count). The van der Waals surface area contributed by atoms with Crippen LogP contribution in [0.5, 0.6) is 0 Å².